The van der Waals surface area contributed by atoms with Gasteiger partial charge in [-0.25, -0.2) is 4.98 Å². The average molecular weight is 199 g/mol. The van der Waals surface area contributed by atoms with E-state index in [1.165, 1.54) is 11.3 Å². The van der Waals surface area contributed by atoms with Gasteiger partial charge >= 0.3 is 0 Å². The number of thiazole rings is 1. The van der Waals surface area contributed by atoms with E-state index >= 15 is 0 Å². The molecule has 72 valence electrons. The maximum absolute atomic E-state index is 5.61. The number of hydrogen-bond acceptors (Lipinski definition) is 5. The van der Waals surface area contributed by atoms with Crippen LogP contribution in [0.1, 0.15) is 6.42 Å². The molecular formula is C8H13N3OS. The highest BCUT2D eigenvalue weighted by Crippen LogP contribution is 2.27. The zero-order chi connectivity index (χ0) is 9.26. The van der Waals surface area contributed by atoms with Gasteiger partial charge in [-0.05, 0) is 6.42 Å². The van der Waals surface area contributed by atoms with E-state index in [0.717, 1.165) is 29.6 Å². The number of methoxy groups -OCH3 is 1. The summed E-state index contributed by atoms with van der Waals surface area (Å²) in [4.78, 5) is 6.45. The molecular weight excluding hydrogens is 186 g/mol. The standard InChI is InChI=1S/C8H13N3OS/c1-12-6-2-3-11(5-6)8-10-4-7(9)13-8/h4,6H,2-3,5,9H2,1H3. The van der Waals surface area contributed by atoms with Gasteiger partial charge in [-0.2, -0.15) is 0 Å². The Hall–Kier alpha value is -0.810. The number of anilines is 2. The first-order chi connectivity index (χ1) is 6.29. The number of rotatable bonds is 2. The predicted molar refractivity (Wildman–Crippen MR) is 54.2 cm³/mol. The summed E-state index contributed by atoms with van der Waals surface area (Å²) in [6.45, 7) is 1.95. The summed E-state index contributed by atoms with van der Waals surface area (Å²) in [5.74, 6) is 0. The van der Waals surface area contributed by atoms with Crippen molar-refractivity contribution in [3.63, 3.8) is 0 Å². The maximum atomic E-state index is 5.61. The van der Waals surface area contributed by atoms with E-state index < -0.39 is 0 Å². The van der Waals surface area contributed by atoms with Crippen molar-refractivity contribution in [3.05, 3.63) is 6.20 Å². The molecule has 1 aromatic heterocycles. The van der Waals surface area contributed by atoms with Gasteiger partial charge in [-0.3, -0.25) is 0 Å². The Morgan fingerprint density at radius 1 is 1.77 bits per heavy atom. The van der Waals surface area contributed by atoms with Crippen molar-refractivity contribution < 1.29 is 4.74 Å². The molecule has 2 N–H and O–H groups in total. The van der Waals surface area contributed by atoms with Gasteiger partial charge in [0.1, 0.15) is 5.00 Å². The zero-order valence-electron chi connectivity index (χ0n) is 7.56. The van der Waals surface area contributed by atoms with Crippen LogP contribution in [0.3, 0.4) is 0 Å². The van der Waals surface area contributed by atoms with E-state index in [1.807, 2.05) is 0 Å². The van der Waals surface area contributed by atoms with Gasteiger partial charge in [-0.15, -0.1) is 0 Å². The van der Waals surface area contributed by atoms with Crippen LogP contribution in [0.15, 0.2) is 6.20 Å². The van der Waals surface area contributed by atoms with Crippen LogP contribution in [0.4, 0.5) is 10.1 Å². The summed E-state index contributed by atoms with van der Waals surface area (Å²) >= 11 is 1.53. The maximum Gasteiger partial charge on any atom is 0.187 e. The SMILES string of the molecule is COC1CCN(c2ncc(N)s2)C1. The number of aromatic nitrogens is 1. The second-order valence-electron chi connectivity index (χ2n) is 3.14. The van der Waals surface area contributed by atoms with Crippen LogP contribution < -0.4 is 10.6 Å². The first-order valence-corrected chi connectivity index (χ1v) is 5.10. The highest BCUT2D eigenvalue weighted by atomic mass is 32.1. The predicted octanol–water partition coefficient (Wildman–Crippen LogP) is 0.950. The van der Waals surface area contributed by atoms with Crippen LogP contribution in [-0.2, 0) is 4.74 Å². The minimum absolute atomic E-state index is 0.352. The normalized spacial score (nSPS) is 22.5. The van der Waals surface area contributed by atoms with Crippen LogP contribution in [0.25, 0.3) is 0 Å². The number of hydrogen-bond donors (Lipinski definition) is 1. The molecule has 1 fully saturated rings. The summed E-state index contributed by atoms with van der Waals surface area (Å²) in [6.07, 6.45) is 3.14. The van der Waals surface area contributed by atoms with Gasteiger partial charge in [0.25, 0.3) is 0 Å². The van der Waals surface area contributed by atoms with E-state index in [2.05, 4.69) is 9.88 Å². The molecule has 0 aliphatic carbocycles. The van der Waals surface area contributed by atoms with Crippen LogP contribution in [0.5, 0.6) is 0 Å². The first-order valence-electron chi connectivity index (χ1n) is 4.28. The minimum Gasteiger partial charge on any atom is -0.389 e. The number of ether oxygens (including phenoxy) is 1. The molecule has 1 aliphatic rings. The van der Waals surface area contributed by atoms with Gasteiger partial charge in [0.2, 0.25) is 0 Å². The quantitative estimate of drug-likeness (QED) is 0.770. The van der Waals surface area contributed by atoms with Gasteiger partial charge in [-0.1, -0.05) is 11.3 Å². The summed E-state index contributed by atoms with van der Waals surface area (Å²) in [5, 5.41) is 1.79. The fourth-order valence-electron chi connectivity index (χ4n) is 1.52. The Kier molecular flexibility index (Phi) is 2.37. The molecule has 0 aromatic carbocycles. The third-order valence-electron chi connectivity index (χ3n) is 2.26. The molecule has 1 atom stereocenters. The van der Waals surface area contributed by atoms with E-state index in [-0.39, 0.29) is 0 Å². The van der Waals surface area contributed by atoms with Crippen molar-refractivity contribution in [1.82, 2.24) is 4.98 Å². The lowest BCUT2D eigenvalue weighted by Crippen LogP contribution is -2.21. The molecule has 4 nitrogen and oxygen atoms in total. The molecule has 0 radical (unpaired) electrons. The molecule has 0 amide bonds. The monoisotopic (exact) mass is 199 g/mol. The van der Waals surface area contributed by atoms with Crippen molar-refractivity contribution in [1.29, 1.82) is 0 Å². The molecule has 1 aliphatic heterocycles. The smallest absolute Gasteiger partial charge is 0.187 e. The Bertz CT molecular complexity index is 289. The van der Waals surface area contributed by atoms with E-state index in [9.17, 15) is 0 Å². The largest absolute Gasteiger partial charge is 0.389 e. The minimum atomic E-state index is 0.352. The number of nitrogens with two attached hydrogens (primary N) is 1. The highest BCUT2D eigenvalue weighted by molar-refractivity contribution is 7.19. The lowest BCUT2D eigenvalue weighted by molar-refractivity contribution is 0.121. The zero-order valence-corrected chi connectivity index (χ0v) is 8.38. The van der Waals surface area contributed by atoms with Gasteiger partial charge < -0.3 is 15.4 Å². The molecule has 2 heterocycles. The van der Waals surface area contributed by atoms with Crippen LogP contribution in [-0.4, -0.2) is 31.3 Å². The molecule has 1 aromatic rings. The molecule has 13 heavy (non-hydrogen) atoms. The van der Waals surface area contributed by atoms with Gasteiger partial charge in [0.05, 0.1) is 12.3 Å². The highest BCUT2D eigenvalue weighted by Gasteiger charge is 2.23. The van der Waals surface area contributed by atoms with Crippen molar-refractivity contribution >= 4 is 21.5 Å². The number of nitrogens with zero attached hydrogens (tertiary/aromatic N) is 2. The molecule has 0 saturated carbocycles. The molecule has 5 heteroatoms. The Morgan fingerprint density at radius 2 is 2.62 bits per heavy atom. The van der Waals surface area contributed by atoms with Gasteiger partial charge in [0.15, 0.2) is 5.13 Å². The van der Waals surface area contributed by atoms with Crippen molar-refractivity contribution in [2.45, 2.75) is 12.5 Å². The third kappa shape index (κ3) is 1.76. The Labute approximate surface area is 81.3 Å². The first kappa shape index (κ1) is 8.77. The molecule has 0 spiro atoms. The Balaban J connectivity index is 2.03. The van der Waals surface area contributed by atoms with Crippen molar-refractivity contribution in [3.8, 4) is 0 Å². The van der Waals surface area contributed by atoms with Crippen LogP contribution >= 0.6 is 11.3 Å². The van der Waals surface area contributed by atoms with E-state index in [4.69, 9.17) is 10.5 Å². The molecule has 2 rings (SSSR count). The van der Waals surface area contributed by atoms with Crippen molar-refractivity contribution in [2.75, 3.05) is 30.8 Å². The summed E-state index contributed by atoms with van der Waals surface area (Å²) in [6, 6.07) is 0. The lowest BCUT2D eigenvalue weighted by Gasteiger charge is -2.13. The second-order valence-corrected chi connectivity index (χ2v) is 4.18. The fourth-order valence-corrected chi connectivity index (χ4v) is 2.23. The lowest BCUT2D eigenvalue weighted by atomic mass is 10.3. The number of nitrogen functional groups attached to an aromatic ring is 1. The fraction of sp³-hybridized carbons (Fsp3) is 0.625. The summed E-state index contributed by atoms with van der Waals surface area (Å²) in [7, 11) is 1.75. The molecule has 1 unspecified atom stereocenters. The Morgan fingerprint density at radius 3 is 3.15 bits per heavy atom. The summed E-state index contributed by atoms with van der Waals surface area (Å²) < 4.78 is 5.27. The van der Waals surface area contributed by atoms with Crippen LogP contribution in [0, 0.1) is 0 Å². The van der Waals surface area contributed by atoms with E-state index in [0.29, 0.717) is 6.10 Å². The van der Waals surface area contributed by atoms with Crippen molar-refractivity contribution in [2.24, 2.45) is 0 Å². The molecule has 1 saturated heterocycles. The van der Waals surface area contributed by atoms with Gasteiger partial charge in [0, 0.05) is 20.2 Å². The summed E-state index contributed by atoms with van der Waals surface area (Å²) in [5.41, 5.74) is 5.61. The van der Waals surface area contributed by atoms with Crippen LogP contribution in [0.2, 0.25) is 0 Å². The second kappa shape index (κ2) is 3.51. The third-order valence-corrected chi connectivity index (χ3v) is 3.15. The average Bonchev–Trinajstić information content (AvgIpc) is 2.71. The molecule has 0 bridgehead atoms. The van der Waals surface area contributed by atoms with E-state index in [1.54, 1.807) is 13.3 Å². The topological polar surface area (TPSA) is 51.4 Å².